The topological polar surface area (TPSA) is 80.8 Å². The Balaban J connectivity index is 2.81. The maximum Gasteiger partial charge on any atom is 0.333 e. The standard InChI is InChI=1S/C10H15NO5S/c1-7(8(12)16-4)5-6-11-9(13)10(2,3)17(11,14)15/h5H,6H2,1-4H3. The van der Waals surface area contributed by atoms with Crippen molar-refractivity contribution in [2.45, 2.75) is 25.5 Å². The quantitative estimate of drug-likeness (QED) is 0.530. The number of amides is 1. The van der Waals surface area contributed by atoms with Gasteiger partial charge in [-0.25, -0.2) is 17.5 Å². The van der Waals surface area contributed by atoms with Gasteiger partial charge in [0.05, 0.1) is 13.7 Å². The molecule has 0 N–H and O–H groups in total. The molecule has 0 radical (unpaired) electrons. The Hall–Kier alpha value is -1.37. The fraction of sp³-hybridized carbons (Fsp3) is 0.600. The second-order valence-electron chi connectivity index (χ2n) is 4.23. The number of nitrogens with zero attached hydrogens (tertiary/aromatic N) is 1. The van der Waals surface area contributed by atoms with E-state index in [9.17, 15) is 18.0 Å². The van der Waals surface area contributed by atoms with Crippen LogP contribution in [0.4, 0.5) is 0 Å². The van der Waals surface area contributed by atoms with Crippen molar-refractivity contribution < 1.29 is 22.7 Å². The Labute approximate surface area is 100 Å². The molecule has 1 aliphatic heterocycles. The summed E-state index contributed by atoms with van der Waals surface area (Å²) in [6, 6.07) is 0. The SMILES string of the molecule is COC(=O)C(C)=CCN1C(=O)C(C)(C)S1(=O)=O. The van der Waals surface area contributed by atoms with E-state index in [1.54, 1.807) is 0 Å². The predicted octanol–water partition coefficient (Wildman–Crippen LogP) is 0.0563. The molecule has 1 amide bonds. The molecule has 0 aromatic heterocycles. The van der Waals surface area contributed by atoms with Crippen molar-refractivity contribution in [1.82, 2.24) is 4.31 Å². The van der Waals surface area contributed by atoms with Gasteiger partial charge in [-0.05, 0) is 20.8 Å². The number of hydrogen-bond acceptors (Lipinski definition) is 5. The van der Waals surface area contributed by atoms with Crippen molar-refractivity contribution in [1.29, 1.82) is 0 Å². The van der Waals surface area contributed by atoms with E-state index in [0.717, 1.165) is 4.31 Å². The molecule has 0 aromatic carbocycles. The molecule has 0 aromatic rings. The molecule has 0 unspecified atom stereocenters. The molecule has 0 atom stereocenters. The Kier molecular flexibility index (Phi) is 3.33. The normalized spacial score (nSPS) is 22.0. The third-order valence-electron chi connectivity index (χ3n) is 2.75. The van der Waals surface area contributed by atoms with Gasteiger partial charge in [-0.2, -0.15) is 0 Å². The van der Waals surface area contributed by atoms with Gasteiger partial charge in [0.2, 0.25) is 0 Å². The van der Waals surface area contributed by atoms with Gasteiger partial charge in [-0.15, -0.1) is 0 Å². The van der Waals surface area contributed by atoms with Crippen LogP contribution in [-0.4, -0.2) is 43.0 Å². The number of esters is 1. The number of rotatable bonds is 3. The lowest BCUT2D eigenvalue weighted by atomic mass is 10.2. The molecule has 0 saturated carbocycles. The number of methoxy groups -OCH3 is 1. The number of ether oxygens (including phenoxy) is 1. The van der Waals surface area contributed by atoms with Gasteiger partial charge in [0.1, 0.15) is 0 Å². The first-order valence-corrected chi connectivity index (χ1v) is 6.42. The Bertz CT molecular complexity index is 489. The second-order valence-corrected chi connectivity index (χ2v) is 6.64. The molecule has 1 saturated heterocycles. The number of hydrogen-bond donors (Lipinski definition) is 0. The van der Waals surface area contributed by atoms with Crippen molar-refractivity contribution in [3.05, 3.63) is 11.6 Å². The minimum atomic E-state index is -3.59. The van der Waals surface area contributed by atoms with Gasteiger partial charge < -0.3 is 4.74 Å². The molecule has 6 nitrogen and oxygen atoms in total. The van der Waals surface area contributed by atoms with E-state index in [1.165, 1.54) is 34.0 Å². The molecule has 7 heteroatoms. The monoisotopic (exact) mass is 261 g/mol. The van der Waals surface area contributed by atoms with Crippen LogP contribution < -0.4 is 0 Å². The summed E-state index contributed by atoms with van der Waals surface area (Å²) in [7, 11) is -2.36. The number of sulfonamides is 1. The maximum atomic E-state index is 11.7. The smallest absolute Gasteiger partial charge is 0.333 e. The van der Waals surface area contributed by atoms with Gasteiger partial charge in [0, 0.05) is 5.57 Å². The van der Waals surface area contributed by atoms with E-state index in [4.69, 9.17) is 0 Å². The summed E-state index contributed by atoms with van der Waals surface area (Å²) in [5, 5.41) is 0. The molecule has 17 heavy (non-hydrogen) atoms. The van der Waals surface area contributed by atoms with Crippen LogP contribution in [0.3, 0.4) is 0 Å². The highest BCUT2D eigenvalue weighted by molar-refractivity contribution is 7.94. The Morgan fingerprint density at radius 2 is 2.00 bits per heavy atom. The summed E-state index contributed by atoms with van der Waals surface area (Å²) in [4.78, 5) is 22.6. The zero-order valence-corrected chi connectivity index (χ0v) is 11.0. The largest absolute Gasteiger partial charge is 0.466 e. The van der Waals surface area contributed by atoms with Gasteiger partial charge in [0.25, 0.3) is 15.9 Å². The summed E-state index contributed by atoms with van der Waals surface area (Å²) in [5.41, 5.74) is 0.264. The Morgan fingerprint density at radius 3 is 2.41 bits per heavy atom. The van der Waals surface area contributed by atoms with E-state index in [2.05, 4.69) is 4.74 Å². The lowest BCUT2D eigenvalue weighted by Gasteiger charge is -2.42. The fourth-order valence-electron chi connectivity index (χ4n) is 1.40. The molecular formula is C10H15NO5S. The summed E-state index contributed by atoms with van der Waals surface area (Å²) >= 11 is 0. The summed E-state index contributed by atoms with van der Waals surface area (Å²) in [5.74, 6) is -1.01. The molecule has 1 aliphatic rings. The first-order valence-electron chi connectivity index (χ1n) is 4.98. The molecule has 0 bridgehead atoms. The van der Waals surface area contributed by atoms with Crippen molar-refractivity contribution in [3.8, 4) is 0 Å². The van der Waals surface area contributed by atoms with Crippen molar-refractivity contribution >= 4 is 21.9 Å². The highest BCUT2D eigenvalue weighted by Crippen LogP contribution is 2.34. The summed E-state index contributed by atoms with van der Waals surface area (Å²) in [6.45, 7) is 4.08. The van der Waals surface area contributed by atoms with Gasteiger partial charge >= 0.3 is 5.97 Å². The average molecular weight is 261 g/mol. The molecule has 0 spiro atoms. The van der Waals surface area contributed by atoms with E-state index in [-0.39, 0.29) is 12.1 Å². The van der Waals surface area contributed by atoms with Crippen LogP contribution in [-0.2, 0) is 24.3 Å². The van der Waals surface area contributed by atoms with E-state index in [0.29, 0.717) is 0 Å². The second kappa shape index (κ2) is 4.14. The third-order valence-corrected chi connectivity index (χ3v) is 5.11. The first-order chi connectivity index (χ1) is 7.66. The van der Waals surface area contributed by atoms with Crippen LogP contribution in [0.2, 0.25) is 0 Å². The highest BCUT2D eigenvalue weighted by Gasteiger charge is 2.59. The van der Waals surface area contributed by atoms with Gasteiger partial charge in [-0.1, -0.05) is 6.08 Å². The first kappa shape index (κ1) is 13.7. The maximum absolute atomic E-state index is 11.7. The van der Waals surface area contributed by atoms with E-state index < -0.39 is 26.6 Å². The number of carbonyl (C=O) groups excluding carboxylic acids is 2. The van der Waals surface area contributed by atoms with Crippen molar-refractivity contribution in [2.24, 2.45) is 0 Å². The number of carbonyl (C=O) groups is 2. The summed E-state index contributed by atoms with van der Waals surface area (Å²) in [6.07, 6.45) is 1.36. The molecule has 1 heterocycles. The zero-order valence-electron chi connectivity index (χ0n) is 10.2. The van der Waals surface area contributed by atoms with Gasteiger partial charge in [0.15, 0.2) is 4.75 Å². The van der Waals surface area contributed by atoms with E-state index >= 15 is 0 Å². The van der Waals surface area contributed by atoms with Crippen molar-refractivity contribution in [2.75, 3.05) is 13.7 Å². The molecule has 0 aliphatic carbocycles. The highest BCUT2D eigenvalue weighted by atomic mass is 32.2. The van der Waals surface area contributed by atoms with Crippen molar-refractivity contribution in [3.63, 3.8) is 0 Å². The molecule has 96 valence electrons. The summed E-state index contributed by atoms with van der Waals surface area (Å²) < 4.78 is 27.2. The lowest BCUT2D eigenvalue weighted by molar-refractivity contribution is -0.136. The average Bonchev–Trinajstić information content (AvgIpc) is 2.26. The minimum absolute atomic E-state index is 0.133. The van der Waals surface area contributed by atoms with Crippen LogP contribution in [0.25, 0.3) is 0 Å². The van der Waals surface area contributed by atoms with Gasteiger partial charge in [-0.3, -0.25) is 4.79 Å². The fourth-order valence-corrected chi connectivity index (χ4v) is 2.87. The Morgan fingerprint density at radius 1 is 1.47 bits per heavy atom. The zero-order chi connectivity index (χ0) is 13.4. The van der Waals surface area contributed by atoms with Crippen LogP contribution >= 0.6 is 0 Å². The van der Waals surface area contributed by atoms with Crippen LogP contribution in [0.5, 0.6) is 0 Å². The molecular weight excluding hydrogens is 246 g/mol. The molecule has 1 rings (SSSR count). The molecule has 1 fully saturated rings. The van der Waals surface area contributed by atoms with E-state index in [1.807, 2.05) is 0 Å². The lowest BCUT2D eigenvalue weighted by Crippen LogP contribution is -2.67. The van der Waals surface area contributed by atoms with Crippen LogP contribution in [0.1, 0.15) is 20.8 Å². The minimum Gasteiger partial charge on any atom is -0.466 e. The van der Waals surface area contributed by atoms with Crippen LogP contribution in [0.15, 0.2) is 11.6 Å². The third kappa shape index (κ3) is 1.95. The van der Waals surface area contributed by atoms with Crippen LogP contribution in [0, 0.1) is 0 Å². The predicted molar refractivity (Wildman–Crippen MR) is 60.5 cm³/mol.